The third-order valence-electron chi connectivity index (χ3n) is 6.30. The second-order valence-electron chi connectivity index (χ2n) is 8.47. The number of likely N-dealkylation sites (tertiary alicyclic amines) is 1. The highest BCUT2D eigenvalue weighted by Crippen LogP contribution is 2.35. The highest BCUT2D eigenvalue weighted by atomic mass is 15.3. The minimum Gasteiger partial charge on any atom is -0.350 e. The van der Waals surface area contributed by atoms with Crippen molar-refractivity contribution in [2.45, 2.75) is 77.0 Å². The molecule has 144 valence electrons. The van der Waals surface area contributed by atoms with Crippen LogP contribution in [-0.4, -0.2) is 49.8 Å². The Balaban J connectivity index is 1.22. The van der Waals surface area contributed by atoms with Crippen molar-refractivity contribution in [2.24, 2.45) is 0 Å². The lowest BCUT2D eigenvalue weighted by Gasteiger charge is -2.39. The highest BCUT2D eigenvalue weighted by Gasteiger charge is 2.36. The monoisotopic (exact) mass is 366 g/mol. The summed E-state index contributed by atoms with van der Waals surface area (Å²) in [4.78, 5) is 14.1. The molecular weight excluding hydrogens is 336 g/mol. The summed E-state index contributed by atoms with van der Waals surface area (Å²) < 4.78 is 2.23. The Morgan fingerprint density at radius 1 is 1.00 bits per heavy atom. The lowest BCUT2D eigenvalue weighted by atomic mass is 10.0. The third kappa shape index (κ3) is 3.72. The molecule has 6 nitrogen and oxygen atoms in total. The second-order valence-corrected chi connectivity index (χ2v) is 8.47. The molecule has 2 aromatic heterocycles. The molecule has 4 heterocycles. The van der Waals surface area contributed by atoms with E-state index in [1.165, 1.54) is 56.3 Å². The molecule has 0 N–H and O–H groups in total. The lowest BCUT2D eigenvalue weighted by molar-refractivity contribution is 0.198. The van der Waals surface area contributed by atoms with Gasteiger partial charge in [-0.25, -0.2) is 9.97 Å². The number of fused-ring (bicyclic) bond motifs is 1. The van der Waals surface area contributed by atoms with Crippen LogP contribution in [0.4, 0.5) is 5.82 Å². The van der Waals surface area contributed by atoms with Crippen LogP contribution in [0.25, 0.3) is 0 Å². The van der Waals surface area contributed by atoms with Gasteiger partial charge in [0, 0.05) is 55.7 Å². The maximum Gasteiger partial charge on any atom is 0.132 e. The first-order chi connectivity index (χ1) is 13.3. The molecule has 1 saturated carbocycles. The van der Waals surface area contributed by atoms with Crippen LogP contribution in [0.2, 0.25) is 0 Å². The van der Waals surface area contributed by atoms with Gasteiger partial charge in [-0.05, 0) is 57.9 Å². The summed E-state index contributed by atoms with van der Waals surface area (Å²) in [5.74, 6) is 1.13. The number of aryl methyl sites for hydroxylation is 3. The van der Waals surface area contributed by atoms with Gasteiger partial charge in [-0.15, -0.1) is 0 Å². The van der Waals surface area contributed by atoms with Crippen LogP contribution in [0, 0.1) is 6.92 Å². The van der Waals surface area contributed by atoms with Crippen LogP contribution in [0.15, 0.2) is 18.5 Å². The number of nitrogens with zero attached hydrogens (tertiary/aromatic N) is 6. The molecule has 0 bridgehead atoms. The number of anilines is 1. The van der Waals surface area contributed by atoms with Gasteiger partial charge in [0.15, 0.2) is 0 Å². The minimum atomic E-state index is 0.609. The maximum atomic E-state index is 4.84. The Labute approximate surface area is 161 Å². The molecule has 1 aliphatic carbocycles. The van der Waals surface area contributed by atoms with Crippen LogP contribution in [-0.2, 0) is 19.5 Å². The summed E-state index contributed by atoms with van der Waals surface area (Å²) in [7, 11) is 0. The molecule has 1 saturated heterocycles. The van der Waals surface area contributed by atoms with Gasteiger partial charge >= 0.3 is 0 Å². The molecule has 3 aliphatic rings. The van der Waals surface area contributed by atoms with Crippen LogP contribution < -0.4 is 4.90 Å². The minimum absolute atomic E-state index is 0.609. The fourth-order valence-corrected chi connectivity index (χ4v) is 4.75. The zero-order valence-electron chi connectivity index (χ0n) is 16.3. The average Bonchev–Trinajstić information content (AvgIpc) is 3.42. The van der Waals surface area contributed by atoms with Crippen LogP contribution in [0.5, 0.6) is 0 Å². The molecule has 0 amide bonds. The molecular formula is C21H30N6. The lowest BCUT2D eigenvalue weighted by Crippen LogP contribution is -2.46. The summed E-state index contributed by atoms with van der Waals surface area (Å²) >= 11 is 0. The van der Waals surface area contributed by atoms with Gasteiger partial charge in [0.2, 0.25) is 0 Å². The summed E-state index contributed by atoms with van der Waals surface area (Å²) in [6.45, 7) is 6.47. The van der Waals surface area contributed by atoms with Gasteiger partial charge < -0.3 is 4.90 Å². The first-order valence-electron chi connectivity index (χ1n) is 10.6. The van der Waals surface area contributed by atoms with E-state index in [4.69, 9.17) is 5.10 Å². The summed E-state index contributed by atoms with van der Waals surface area (Å²) in [5, 5.41) is 4.84. The zero-order valence-corrected chi connectivity index (χ0v) is 16.3. The van der Waals surface area contributed by atoms with E-state index < -0.39 is 0 Å². The van der Waals surface area contributed by atoms with Gasteiger partial charge in [-0.3, -0.25) is 9.58 Å². The Kier molecular flexibility index (Phi) is 4.60. The van der Waals surface area contributed by atoms with E-state index in [9.17, 15) is 0 Å². The van der Waals surface area contributed by atoms with E-state index in [2.05, 4.69) is 43.5 Å². The molecule has 6 heteroatoms. The van der Waals surface area contributed by atoms with E-state index in [-0.39, 0.29) is 0 Å². The molecule has 0 spiro atoms. The van der Waals surface area contributed by atoms with Crippen molar-refractivity contribution in [1.82, 2.24) is 24.6 Å². The van der Waals surface area contributed by atoms with E-state index in [1.807, 2.05) is 0 Å². The number of hydrogen-bond acceptors (Lipinski definition) is 5. The predicted molar refractivity (Wildman–Crippen MR) is 106 cm³/mol. The molecule has 2 aromatic rings. The Hall–Kier alpha value is -1.95. The number of hydrogen-bond donors (Lipinski definition) is 0. The molecule has 5 rings (SSSR count). The smallest absolute Gasteiger partial charge is 0.132 e. The van der Waals surface area contributed by atoms with Crippen molar-refractivity contribution in [3.05, 3.63) is 35.5 Å². The van der Waals surface area contributed by atoms with Gasteiger partial charge in [-0.1, -0.05) is 0 Å². The van der Waals surface area contributed by atoms with Crippen LogP contribution in [0.3, 0.4) is 0 Å². The van der Waals surface area contributed by atoms with Crippen molar-refractivity contribution in [3.63, 3.8) is 0 Å². The maximum absolute atomic E-state index is 4.84. The van der Waals surface area contributed by atoms with E-state index >= 15 is 0 Å². The molecule has 0 aromatic carbocycles. The van der Waals surface area contributed by atoms with E-state index in [0.717, 1.165) is 37.7 Å². The number of piperidine rings is 1. The summed E-state index contributed by atoms with van der Waals surface area (Å²) in [6.07, 6.45) is 10.6. The quantitative estimate of drug-likeness (QED) is 0.814. The Morgan fingerprint density at radius 3 is 2.56 bits per heavy atom. The van der Waals surface area contributed by atoms with Crippen molar-refractivity contribution in [2.75, 3.05) is 18.0 Å². The third-order valence-corrected chi connectivity index (χ3v) is 6.30. The second kappa shape index (κ2) is 7.23. The molecule has 2 aliphatic heterocycles. The Bertz CT molecular complexity index is 764. The molecule has 0 unspecified atom stereocenters. The van der Waals surface area contributed by atoms with E-state index in [0.29, 0.717) is 12.1 Å². The topological polar surface area (TPSA) is 50.1 Å². The largest absolute Gasteiger partial charge is 0.350 e. The summed E-state index contributed by atoms with van der Waals surface area (Å²) in [6, 6.07) is 5.79. The average molecular weight is 367 g/mol. The molecule has 27 heavy (non-hydrogen) atoms. The molecule has 0 atom stereocenters. The fraction of sp³-hybridized carbons (Fsp3) is 0.667. The number of aromatic nitrogens is 4. The van der Waals surface area contributed by atoms with Crippen molar-refractivity contribution in [3.8, 4) is 0 Å². The Morgan fingerprint density at radius 2 is 1.81 bits per heavy atom. The van der Waals surface area contributed by atoms with Gasteiger partial charge in [0.1, 0.15) is 12.1 Å². The normalized spacial score (nSPS) is 21.2. The molecule has 0 radical (unpaired) electrons. The SMILES string of the molecule is Cc1cc(N(C2CC2)C2CCN(Cc3cc4n(n3)CCCC4)CC2)ncn1. The zero-order chi connectivity index (χ0) is 18.2. The van der Waals surface area contributed by atoms with Crippen LogP contribution >= 0.6 is 0 Å². The van der Waals surface area contributed by atoms with Crippen molar-refractivity contribution < 1.29 is 0 Å². The van der Waals surface area contributed by atoms with Crippen molar-refractivity contribution in [1.29, 1.82) is 0 Å². The van der Waals surface area contributed by atoms with Gasteiger partial charge in [0.05, 0.1) is 5.69 Å². The fourth-order valence-electron chi connectivity index (χ4n) is 4.75. The van der Waals surface area contributed by atoms with Crippen LogP contribution in [0.1, 0.15) is 55.6 Å². The summed E-state index contributed by atoms with van der Waals surface area (Å²) in [5.41, 5.74) is 3.76. The number of rotatable bonds is 5. The van der Waals surface area contributed by atoms with Gasteiger partial charge in [-0.2, -0.15) is 5.10 Å². The van der Waals surface area contributed by atoms with Crippen molar-refractivity contribution >= 4 is 5.82 Å². The predicted octanol–water partition coefficient (Wildman–Crippen LogP) is 2.95. The first-order valence-corrected chi connectivity index (χ1v) is 10.6. The standard InChI is InChI=1S/C21H30N6/c1-16-12-21(23-15-22-16)27(18-5-6-18)19-7-10-25(11-8-19)14-17-13-20-4-2-3-9-26(20)24-17/h12-13,15,18-19H,2-11,14H2,1H3. The highest BCUT2D eigenvalue weighted by molar-refractivity contribution is 5.43. The van der Waals surface area contributed by atoms with E-state index in [1.54, 1.807) is 6.33 Å². The van der Waals surface area contributed by atoms with Gasteiger partial charge in [0.25, 0.3) is 0 Å². The molecule has 2 fully saturated rings. The first kappa shape index (κ1) is 17.2.